The predicted octanol–water partition coefficient (Wildman–Crippen LogP) is 2.39. The molecule has 1 aromatic rings. The summed E-state index contributed by atoms with van der Waals surface area (Å²) in [6.07, 6.45) is 0. The van der Waals surface area contributed by atoms with Crippen LogP contribution in [0.5, 0.6) is 5.75 Å². The summed E-state index contributed by atoms with van der Waals surface area (Å²) >= 11 is 5.13. The van der Waals surface area contributed by atoms with Gasteiger partial charge >= 0.3 is 0 Å². The van der Waals surface area contributed by atoms with Crippen LogP contribution in [0.2, 0.25) is 0 Å². The minimum Gasteiger partial charge on any atom is -0.497 e. The molecule has 1 aromatic carbocycles. The van der Waals surface area contributed by atoms with E-state index >= 15 is 0 Å². The summed E-state index contributed by atoms with van der Waals surface area (Å²) in [6, 6.07) is 7.98. The summed E-state index contributed by atoms with van der Waals surface area (Å²) in [6.45, 7) is 4.08. The van der Waals surface area contributed by atoms with Crippen LogP contribution in [0.4, 0.5) is 5.69 Å². The maximum atomic E-state index is 5.13. The number of nitrogens with one attached hydrogen (secondary N) is 2. The summed E-state index contributed by atoms with van der Waals surface area (Å²) in [5, 5.41) is 6.82. The summed E-state index contributed by atoms with van der Waals surface area (Å²) in [5.74, 6) is 0.812. The lowest BCUT2D eigenvalue weighted by atomic mass is 10.3. The van der Waals surface area contributed by atoms with Gasteiger partial charge in [0.25, 0.3) is 0 Å². The molecule has 1 rings (SSSR count). The Morgan fingerprint density at radius 3 is 2.73 bits per heavy atom. The first-order chi connectivity index (χ1) is 7.11. The van der Waals surface area contributed by atoms with Crippen LogP contribution in [0.15, 0.2) is 24.3 Å². The van der Waals surface area contributed by atoms with Crippen LogP contribution >= 0.6 is 12.2 Å². The van der Waals surface area contributed by atoms with Gasteiger partial charge in [-0.25, -0.2) is 0 Å². The van der Waals surface area contributed by atoms with Crippen LogP contribution in [0.3, 0.4) is 0 Å². The van der Waals surface area contributed by atoms with Gasteiger partial charge in [-0.1, -0.05) is 6.07 Å². The Bertz CT molecular complexity index is 339. The second kappa shape index (κ2) is 5.56. The standard InChI is InChI=1S/C11H16N2OS/c1-8(2)12-11(15)13-9-5-4-6-10(7-9)14-3/h4-8H,1-3H3,(H2,12,13,15). The van der Waals surface area contributed by atoms with E-state index in [1.54, 1.807) is 7.11 Å². The molecule has 0 spiro atoms. The van der Waals surface area contributed by atoms with Crippen molar-refractivity contribution in [2.24, 2.45) is 0 Å². The number of anilines is 1. The number of benzene rings is 1. The Kier molecular flexibility index (Phi) is 4.37. The first-order valence-electron chi connectivity index (χ1n) is 4.83. The van der Waals surface area contributed by atoms with Crippen LogP contribution in [-0.4, -0.2) is 18.3 Å². The molecule has 82 valence electrons. The van der Waals surface area contributed by atoms with Crippen molar-refractivity contribution in [1.82, 2.24) is 5.32 Å². The molecule has 0 aliphatic rings. The first kappa shape index (κ1) is 11.8. The van der Waals surface area contributed by atoms with E-state index in [4.69, 9.17) is 17.0 Å². The Hall–Kier alpha value is -1.29. The molecule has 0 amide bonds. The van der Waals surface area contributed by atoms with Crippen molar-refractivity contribution >= 4 is 23.0 Å². The van der Waals surface area contributed by atoms with Crippen LogP contribution in [-0.2, 0) is 0 Å². The van der Waals surface area contributed by atoms with E-state index in [0.717, 1.165) is 11.4 Å². The number of hydrogen-bond donors (Lipinski definition) is 2. The highest BCUT2D eigenvalue weighted by atomic mass is 32.1. The van der Waals surface area contributed by atoms with Crippen LogP contribution in [0.1, 0.15) is 13.8 Å². The first-order valence-corrected chi connectivity index (χ1v) is 5.24. The van der Waals surface area contributed by atoms with Crippen molar-refractivity contribution in [2.75, 3.05) is 12.4 Å². The third-order valence-electron chi connectivity index (χ3n) is 1.75. The fraction of sp³-hybridized carbons (Fsp3) is 0.364. The number of hydrogen-bond acceptors (Lipinski definition) is 2. The van der Waals surface area contributed by atoms with Crippen molar-refractivity contribution in [1.29, 1.82) is 0 Å². The van der Waals surface area contributed by atoms with E-state index in [1.807, 2.05) is 38.1 Å². The van der Waals surface area contributed by atoms with E-state index in [1.165, 1.54) is 0 Å². The molecule has 2 N–H and O–H groups in total. The molecule has 3 nitrogen and oxygen atoms in total. The molecule has 0 heterocycles. The maximum absolute atomic E-state index is 5.13. The lowest BCUT2D eigenvalue weighted by molar-refractivity contribution is 0.415. The minimum absolute atomic E-state index is 0.329. The molecule has 0 aliphatic carbocycles. The van der Waals surface area contributed by atoms with Gasteiger partial charge in [0.15, 0.2) is 5.11 Å². The number of ether oxygens (including phenoxy) is 1. The van der Waals surface area contributed by atoms with Crippen LogP contribution in [0.25, 0.3) is 0 Å². The fourth-order valence-corrected chi connectivity index (χ4v) is 1.48. The molecule has 0 aromatic heterocycles. The monoisotopic (exact) mass is 224 g/mol. The lowest BCUT2D eigenvalue weighted by Crippen LogP contribution is -2.33. The summed E-state index contributed by atoms with van der Waals surface area (Å²) < 4.78 is 5.11. The van der Waals surface area contributed by atoms with E-state index in [9.17, 15) is 0 Å². The van der Waals surface area contributed by atoms with E-state index in [-0.39, 0.29) is 0 Å². The zero-order valence-corrected chi connectivity index (χ0v) is 10.0. The fourth-order valence-electron chi connectivity index (χ4n) is 1.13. The SMILES string of the molecule is COc1cccc(NC(=S)NC(C)C)c1. The highest BCUT2D eigenvalue weighted by molar-refractivity contribution is 7.80. The smallest absolute Gasteiger partial charge is 0.170 e. The van der Waals surface area contributed by atoms with Gasteiger partial charge < -0.3 is 15.4 Å². The third-order valence-corrected chi connectivity index (χ3v) is 1.97. The van der Waals surface area contributed by atoms with Gasteiger partial charge in [0.1, 0.15) is 5.75 Å². The second-order valence-electron chi connectivity index (χ2n) is 3.49. The highest BCUT2D eigenvalue weighted by Gasteiger charge is 2.00. The van der Waals surface area contributed by atoms with Crippen LogP contribution in [0, 0.1) is 0 Å². The third kappa shape index (κ3) is 4.16. The van der Waals surface area contributed by atoms with E-state index in [0.29, 0.717) is 11.2 Å². The largest absolute Gasteiger partial charge is 0.497 e. The highest BCUT2D eigenvalue weighted by Crippen LogP contribution is 2.16. The molecule has 0 bridgehead atoms. The van der Waals surface area contributed by atoms with Crippen molar-refractivity contribution in [3.8, 4) is 5.75 Å². The number of rotatable bonds is 3. The summed E-state index contributed by atoms with van der Waals surface area (Å²) in [5.41, 5.74) is 0.924. The zero-order valence-electron chi connectivity index (χ0n) is 9.20. The van der Waals surface area contributed by atoms with Gasteiger partial charge in [-0.3, -0.25) is 0 Å². The molecule has 0 unspecified atom stereocenters. The predicted molar refractivity (Wildman–Crippen MR) is 67.5 cm³/mol. The molecule has 0 saturated carbocycles. The Labute approximate surface area is 95.8 Å². The zero-order chi connectivity index (χ0) is 11.3. The van der Waals surface area contributed by atoms with Gasteiger partial charge in [-0.15, -0.1) is 0 Å². The van der Waals surface area contributed by atoms with Crippen LogP contribution < -0.4 is 15.4 Å². The number of thiocarbonyl (C=S) groups is 1. The Morgan fingerprint density at radius 2 is 2.13 bits per heavy atom. The quantitative estimate of drug-likeness (QED) is 0.772. The second-order valence-corrected chi connectivity index (χ2v) is 3.89. The molecule has 4 heteroatoms. The summed E-state index contributed by atoms with van der Waals surface area (Å²) in [4.78, 5) is 0. The van der Waals surface area contributed by atoms with Gasteiger partial charge in [0.2, 0.25) is 0 Å². The molecule has 0 atom stereocenters. The molecule has 0 saturated heterocycles. The lowest BCUT2D eigenvalue weighted by Gasteiger charge is -2.13. The Balaban J connectivity index is 2.60. The van der Waals surface area contributed by atoms with Gasteiger partial charge in [0, 0.05) is 17.8 Å². The molecular weight excluding hydrogens is 208 g/mol. The molecule has 15 heavy (non-hydrogen) atoms. The minimum atomic E-state index is 0.329. The van der Waals surface area contributed by atoms with Gasteiger partial charge in [0.05, 0.1) is 7.11 Å². The average molecular weight is 224 g/mol. The summed E-state index contributed by atoms with van der Waals surface area (Å²) in [7, 11) is 1.64. The molecular formula is C11H16N2OS. The average Bonchev–Trinajstić information content (AvgIpc) is 2.16. The molecule has 0 fully saturated rings. The molecule has 0 aliphatic heterocycles. The van der Waals surface area contributed by atoms with E-state index < -0.39 is 0 Å². The topological polar surface area (TPSA) is 33.3 Å². The molecule has 0 radical (unpaired) electrons. The van der Waals surface area contributed by atoms with Crippen molar-refractivity contribution < 1.29 is 4.74 Å². The number of methoxy groups -OCH3 is 1. The Morgan fingerprint density at radius 1 is 1.40 bits per heavy atom. The van der Waals surface area contributed by atoms with Crippen molar-refractivity contribution in [3.63, 3.8) is 0 Å². The van der Waals surface area contributed by atoms with Gasteiger partial charge in [-0.2, -0.15) is 0 Å². The van der Waals surface area contributed by atoms with Crippen molar-refractivity contribution in [3.05, 3.63) is 24.3 Å². The van der Waals surface area contributed by atoms with E-state index in [2.05, 4.69) is 10.6 Å². The maximum Gasteiger partial charge on any atom is 0.170 e. The van der Waals surface area contributed by atoms with Gasteiger partial charge in [-0.05, 0) is 38.2 Å². The normalized spacial score (nSPS) is 9.87. The van der Waals surface area contributed by atoms with Crippen molar-refractivity contribution in [2.45, 2.75) is 19.9 Å².